The maximum absolute atomic E-state index is 6.32. The first-order chi connectivity index (χ1) is 7.63. The minimum absolute atomic E-state index is 0.331. The molecule has 0 aromatic heterocycles. The number of halogens is 3. The second-order valence-electron chi connectivity index (χ2n) is 4.17. The summed E-state index contributed by atoms with van der Waals surface area (Å²) in [7, 11) is 0. The van der Waals surface area contributed by atoms with Gasteiger partial charge in [0.1, 0.15) is 0 Å². The predicted molar refractivity (Wildman–Crippen MR) is 85.0 cm³/mol. The molecule has 0 spiro atoms. The normalized spacial score (nSPS) is 12.6. The summed E-state index contributed by atoms with van der Waals surface area (Å²) in [5, 5.41) is 0. The summed E-state index contributed by atoms with van der Waals surface area (Å²) in [6.45, 7) is 4.43. The van der Waals surface area contributed by atoms with Crippen molar-refractivity contribution in [2.45, 2.75) is 65.1 Å². The van der Waals surface area contributed by atoms with Crippen LogP contribution in [0.5, 0.6) is 0 Å². The van der Waals surface area contributed by atoms with Gasteiger partial charge in [-0.25, -0.2) is 0 Å². The van der Waals surface area contributed by atoms with Gasteiger partial charge in [0, 0.05) is 9.41 Å². The van der Waals surface area contributed by atoms with Gasteiger partial charge in [-0.1, -0.05) is 79.8 Å². The van der Waals surface area contributed by atoms with Gasteiger partial charge in [-0.05, 0) is 12.8 Å². The lowest BCUT2D eigenvalue weighted by atomic mass is 9.71. The van der Waals surface area contributed by atoms with Crippen LogP contribution in [-0.2, 0) is 0 Å². The molecule has 0 unspecified atom stereocenters. The molecule has 0 nitrogen and oxygen atoms in total. The van der Waals surface area contributed by atoms with Crippen molar-refractivity contribution in [2.24, 2.45) is 0 Å². The van der Waals surface area contributed by atoms with Crippen molar-refractivity contribution in [1.29, 1.82) is 0 Å². The Bertz CT molecular complexity index is 207. The third kappa shape index (κ3) is 8.19. The minimum atomic E-state index is 0.331. The fourth-order valence-corrected chi connectivity index (χ4v) is 3.17. The van der Waals surface area contributed by atoms with E-state index in [1.165, 1.54) is 43.0 Å². The predicted octanol–water partition coefficient (Wildman–Crippen LogP) is 6.53. The van der Waals surface area contributed by atoms with Crippen molar-refractivity contribution in [3.05, 3.63) is 9.41 Å². The van der Waals surface area contributed by atoms with Gasteiger partial charge in [-0.2, -0.15) is 0 Å². The summed E-state index contributed by atoms with van der Waals surface area (Å²) >= 11 is 13.6. The monoisotopic (exact) mass is 370 g/mol. The van der Waals surface area contributed by atoms with Gasteiger partial charge in [-0.15, -0.1) is 15.8 Å². The van der Waals surface area contributed by atoms with Crippen LogP contribution in [0.2, 0.25) is 6.32 Å². The lowest BCUT2D eigenvalue weighted by Gasteiger charge is -2.08. The van der Waals surface area contributed by atoms with Gasteiger partial charge in [0.2, 0.25) is 0 Å². The summed E-state index contributed by atoms with van der Waals surface area (Å²) in [6, 6.07) is 0. The Balaban J connectivity index is 3.90. The van der Waals surface area contributed by atoms with Gasteiger partial charge in [0.25, 0.3) is 5.54 Å². The Labute approximate surface area is 123 Å². The van der Waals surface area contributed by atoms with E-state index in [1.807, 2.05) is 0 Å². The molecule has 0 aromatic carbocycles. The second kappa shape index (κ2) is 11.2. The molecule has 0 aromatic rings. The van der Waals surface area contributed by atoms with Crippen molar-refractivity contribution in [3.8, 4) is 0 Å². The Morgan fingerprint density at radius 3 is 2.25 bits per heavy atom. The zero-order valence-corrected chi connectivity index (χ0v) is 14.3. The first-order valence-electron chi connectivity index (χ1n) is 6.31. The summed E-state index contributed by atoms with van der Waals surface area (Å²) in [5.41, 5.74) is 0.331. The first-order valence-corrected chi connectivity index (χ1v) is 8.40. The maximum Gasteiger partial charge on any atom is 0.269 e. The van der Waals surface area contributed by atoms with E-state index in [0.717, 1.165) is 17.7 Å². The molecule has 0 radical (unpaired) electrons. The van der Waals surface area contributed by atoms with Crippen LogP contribution in [-0.4, -0.2) is 5.54 Å². The van der Waals surface area contributed by atoms with Crippen molar-refractivity contribution in [2.75, 3.05) is 0 Å². The second-order valence-corrected chi connectivity index (χ2v) is 6.64. The molecule has 0 saturated heterocycles. The average molecular weight is 372 g/mol. The Morgan fingerprint density at radius 1 is 1.06 bits per heavy atom. The van der Waals surface area contributed by atoms with E-state index < -0.39 is 0 Å². The Morgan fingerprint density at radius 2 is 1.69 bits per heavy atom. The van der Waals surface area contributed by atoms with Gasteiger partial charge in [0.15, 0.2) is 0 Å². The highest BCUT2D eigenvalue weighted by Gasteiger charge is 2.16. The molecule has 0 aliphatic carbocycles. The highest BCUT2D eigenvalue weighted by molar-refractivity contribution is 9.25. The van der Waals surface area contributed by atoms with Gasteiger partial charge in [-0.3, -0.25) is 0 Å². The minimum Gasteiger partial charge on any atom is -0.149 e. The third-order valence-corrected chi connectivity index (χ3v) is 5.32. The van der Waals surface area contributed by atoms with Crippen LogP contribution in [0.1, 0.15) is 58.8 Å². The van der Waals surface area contributed by atoms with Crippen LogP contribution in [0, 0.1) is 0 Å². The zero-order chi connectivity index (χ0) is 12.4. The standard InChI is InChI=1S/C12H22BBr2Cl/c1-3-5-7-8-10-13(15)12(16)11(14)9-6-4-2/h3-10H2,1-2H3/b12-11+. The highest BCUT2D eigenvalue weighted by Crippen LogP contribution is 2.28. The molecule has 0 amide bonds. The molecule has 0 bridgehead atoms. The molecule has 16 heavy (non-hydrogen) atoms. The van der Waals surface area contributed by atoms with Crippen LogP contribution < -0.4 is 0 Å². The maximum atomic E-state index is 6.32. The highest BCUT2D eigenvalue weighted by atomic mass is 79.9. The van der Waals surface area contributed by atoms with Crippen LogP contribution in [0.3, 0.4) is 0 Å². The molecule has 0 aliphatic heterocycles. The smallest absolute Gasteiger partial charge is 0.149 e. The van der Waals surface area contributed by atoms with E-state index in [4.69, 9.17) is 11.6 Å². The summed E-state index contributed by atoms with van der Waals surface area (Å²) < 4.78 is 1.17. The lowest BCUT2D eigenvalue weighted by Crippen LogP contribution is -2.05. The number of rotatable bonds is 9. The lowest BCUT2D eigenvalue weighted by molar-refractivity contribution is 0.700. The number of allylic oxidation sites excluding steroid dienone is 1. The Hall–Kier alpha value is 1.05. The molecular weight excluding hydrogens is 350 g/mol. The molecule has 4 heteroatoms. The quantitative estimate of drug-likeness (QED) is 0.319. The summed E-state index contributed by atoms with van der Waals surface area (Å²) in [6.07, 6.45) is 9.81. The molecule has 0 saturated carbocycles. The summed E-state index contributed by atoms with van der Waals surface area (Å²) in [5.74, 6) is 0. The SMILES string of the molecule is CCCCCCB(Br)/C(Cl)=C(\Br)CCCC. The Kier molecular flexibility index (Phi) is 11.9. The van der Waals surface area contributed by atoms with E-state index in [-0.39, 0.29) is 0 Å². The number of hydrogen-bond acceptors (Lipinski definition) is 0. The molecule has 0 N–H and O–H groups in total. The fourth-order valence-electron chi connectivity index (χ4n) is 1.50. The molecule has 0 heterocycles. The molecular formula is C12H22BBr2Cl. The number of hydrogen-bond donors (Lipinski definition) is 0. The van der Waals surface area contributed by atoms with Crippen LogP contribution in [0.15, 0.2) is 9.41 Å². The van der Waals surface area contributed by atoms with E-state index in [9.17, 15) is 0 Å². The molecule has 0 fully saturated rings. The topological polar surface area (TPSA) is 0 Å². The molecule has 94 valence electrons. The number of unbranched alkanes of at least 4 members (excludes halogenated alkanes) is 4. The van der Waals surface area contributed by atoms with Crippen LogP contribution in [0.25, 0.3) is 0 Å². The van der Waals surface area contributed by atoms with E-state index in [0.29, 0.717) is 5.54 Å². The van der Waals surface area contributed by atoms with Gasteiger partial charge in [0.05, 0.1) is 0 Å². The van der Waals surface area contributed by atoms with Crippen LogP contribution in [0.4, 0.5) is 0 Å². The summed E-state index contributed by atoms with van der Waals surface area (Å²) in [4.78, 5) is 0.963. The van der Waals surface area contributed by atoms with E-state index in [1.54, 1.807) is 0 Å². The third-order valence-electron chi connectivity index (χ3n) is 2.60. The van der Waals surface area contributed by atoms with E-state index >= 15 is 0 Å². The van der Waals surface area contributed by atoms with Crippen molar-refractivity contribution in [3.63, 3.8) is 0 Å². The average Bonchev–Trinajstić information content (AvgIpc) is 2.30. The first kappa shape index (κ1) is 17.1. The molecule has 0 aliphatic rings. The van der Waals surface area contributed by atoms with E-state index in [2.05, 4.69) is 45.5 Å². The zero-order valence-electron chi connectivity index (χ0n) is 10.4. The van der Waals surface area contributed by atoms with Gasteiger partial charge >= 0.3 is 0 Å². The van der Waals surface area contributed by atoms with Crippen molar-refractivity contribution >= 4 is 48.8 Å². The largest absolute Gasteiger partial charge is 0.269 e. The fraction of sp³-hybridized carbons (Fsp3) is 0.833. The van der Waals surface area contributed by atoms with Crippen molar-refractivity contribution in [1.82, 2.24) is 0 Å². The molecule has 0 atom stereocenters. The van der Waals surface area contributed by atoms with Crippen LogP contribution >= 0.6 is 43.3 Å². The van der Waals surface area contributed by atoms with Gasteiger partial charge < -0.3 is 0 Å². The van der Waals surface area contributed by atoms with Crippen molar-refractivity contribution < 1.29 is 0 Å². The molecule has 0 rings (SSSR count).